The Morgan fingerprint density at radius 3 is 2.70 bits per heavy atom. The van der Waals surface area contributed by atoms with Crippen molar-refractivity contribution in [1.29, 1.82) is 0 Å². The summed E-state index contributed by atoms with van der Waals surface area (Å²) in [7, 11) is 1.71. The van der Waals surface area contributed by atoms with Crippen LogP contribution in [0, 0.1) is 0 Å². The highest BCUT2D eigenvalue weighted by atomic mass is 35.5. The number of piperidine rings is 1. The van der Waals surface area contributed by atoms with Gasteiger partial charge >= 0.3 is 12.0 Å². The zero-order valence-electron chi connectivity index (χ0n) is 17.1. The lowest BCUT2D eigenvalue weighted by molar-refractivity contribution is -0.525. The Labute approximate surface area is 181 Å². The van der Waals surface area contributed by atoms with Crippen LogP contribution in [-0.4, -0.2) is 95.4 Å². The maximum Gasteiger partial charge on any atom is 0.397 e. The van der Waals surface area contributed by atoms with E-state index in [0.29, 0.717) is 29.9 Å². The van der Waals surface area contributed by atoms with Crippen molar-refractivity contribution in [2.24, 2.45) is 4.99 Å². The van der Waals surface area contributed by atoms with Crippen molar-refractivity contribution in [3.8, 4) is 0 Å². The normalized spacial score (nSPS) is 24.5. The number of benzene rings is 1. The number of amidine groups is 1. The number of carbonyl (C=O) groups excluding carboxylic acids is 2. The smallest absolute Gasteiger partial charge is 0.302 e. The highest BCUT2D eigenvalue weighted by molar-refractivity contribution is 6.31. The molecule has 0 radical (unpaired) electrons. The van der Waals surface area contributed by atoms with Crippen LogP contribution in [0.2, 0.25) is 5.02 Å². The molecule has 9 heteroatoms. The Kier molecular flexibility index (Phi) is 4.99. The minimum atomic E-state index is -0.534. The minimum Gasteiger partial charge on any atom is -0.302 e. The van der Waals surface area contributed by atoms with Crippen molar-refractivity contribution < 1.29 is 14.2 Å². The monoisotopic (exact) mass is 429 g/mol. The first-order valence-electron chi connectivity index (χ1n) is 10.6. The fourth-order valence-corrected chi connectivity index (χ4v) is 4.96. The number of aliphatic imine (C=N–C) groups is 1. The van der Waals surface area contributed by atoms with Crippen LogP contribution >= 0.6 is 11.6 Å². The predicted octanol–water partition coefficient (Wildman–Crippen LogP) is 1.69. The zero-order valence-corrected chi connectivity index (χ0v) is 17.9. The highest BCUT2D eigenvalue weighted by Crippen LogP contribution is 2.28. The number of amides is 3. The van der Waals surface area contributed by atoms with Gasteiger partial charge in [-0.05, 0) is 44.1 Å². The lowest BCUT2D eigenvalue weighted by atomic mass is 10.1. The van der Waals surface area contributed by atoms with Crippen LogP contribution < -0.4 is 4.90 Å². The Morgan fingerprint density at radius 2 is 1.93 bits per heavy atom. The van der Waals surface area contributed by atoms with Crippen molar-refractivity contribution in [3.05, 3.63) is 29.3 Å². The molecule has 8 nitrogen and oxygen atoms in total. The molecule has 4 aliphatic heterocycles. The van der Waals surface area contributed by atoms with Gasteiger partial charge in [-0.1, -0.05) is 29.1 Å². The van der Waals surface area contributed by atoms with E-state index in [4.69, 9.17) is 16.6 Å². The lowest BCUT2D eigenvalue weighted by Gasteiger charge is -2.35. The summed E-state index contributed by atoms with van der Waals surface area (Å²) in [6.45, 7) is 4.64. The van der Waals surface area contributed by atoms with E-state index >= 15 is 0 Å². The first-order chi connectivity index (χ1) is 14.5. The molecule has 0 aromatic heterocycles. The molecule has 0 saturated carbocycles. The van der Waals surface area contributed by atoms with E-state index < -0.39 is 6.04 Å². The first kappa shape index (κ1) is 19.5. The van der Waals surface area contributed by atoms with Gasteiger partial charge in [-0.3, -0.25) is 14.6 Å². The molecule has 0 spiro atoms. The van der Waals surface area contributed by atoms with Gasteiger partial charge < -0.3 is 4.90 Å². The molecule has 3 amide bonds. The van der Waals surface area contributed by atoms with Gasteiger partial charge in [0, 0.05) is 25.2 Å². The Hall–Kier alpha value is -2.45. The maximum absolute atomic E-state index is 13.4. The van der Waals surface area contributed by atoms with E-state index in [1.807, 2.05) is 28.8 Å². The highest BCUT2D eigenvalue weighted by Gasteiger charge is 2.55. The molecule has 30 heavy (non-hydrogen) atoms. The molecule has 0 bridgehead atoms. The Morgan fingerprint density at radius 1 is 1.13 bits per heavy atom. The van der Waals surface area contributed by atoms with Gasteiger partial charge in [-0.15, -0.1) is 0 Å². The van der Waals surface area contributed by atoms with Crippen LogP contribution in [0.25, 0.3) is 0 Å². The molecule has 1 atom stereocenters. The standard InChI is InChI=1S/C21H26ClN6O2/c1-24-18-17(19(29)28(21(24)30)11-10-25-8-3-2-4-9-25)27-13-12-26(20(27)23-18)16-7-5-6-15(22)14-16/h5-7,14,17H,2-4,8-13H2,1H3/q+1. The summed E-state index contributed by atoms with van der Waals surface area (Å²) in [5, 5.41) is 0.655. The third kappa shape index (κ3) is 3.18. The molecule has 5 rings (SSSR count). The van der Waals surface area contributed by atoms with Gasteiger partial charge in [0.25, 0.3) is 5.91 Å². The number of guanidine groups is 1. The largest absolute Gasteiger partial charge is 0.397 e. The summed E-state index contributed by atoms with van der Waals surface area (Å²) in [4.78, 5) is 38.4. The fraction of sp³-hybridized carbons (Fsp3) is 0.524. The molecule has 4 heterocycles. The number of fused-ring (bicyclic) bond motifs is 2. The third-order valence-electron chi connectivity index (χ3n) is 6.40. The van der Waals surface area contributed by atoms with E-state index in [-0.39, 0.29) is 11.9 Å². The van der Waals surface area contributed by atoms with E-state index in [1.165, 1.54) is 29.1 Å². The predicted molar refractivity (Wildman–Crippen MR) is 115 cm³/mol. The number of anilines is 1. The van der Waals surface area contributed by atoms with Gasteiger partial charge in [0.1, 0.15) is 12.2 Å². The van der Waals surface area contributed by atoms with Crippen molar-refractivity contribution >= 4 is 41.0 Å². The Bertz CT molecular complexity index is 955. The Balaban J connectivity index is 1.39. The van der Waals surface area contributed by atoms with Crippen molar-refractivity contribution in [2.45, 2.75) is 25.3 Å². The number of likely N-dealkylation sites (tertiary alicyclic amines) is 1. The molecule has 2 fully saturated rings. The third-order valence-corrected chi connectivity index (χ3v) is 6.64. The summed E-state index contributed by atoms with van der Waals surface area (Å²) in [5.74, 6) is 1.06. The summed E-state index contributed by atoms with van der Waals surface area (Å²) in [6, 6.07) is 6.78. The molecular formula is C21H26ClN6O2+. The van der Waals surface area contributed by atoms with Crippen LogP contribution in [0.5, 0.6) is 0 Å². The van der Waals surface area contributed by atoms with Gasteiger partial charge in [-0.25, -0.2) is 14.3 Å². The van der Waals surface area contributed by atoms with E-state index in [1.54, 1.807) is 7.05 Å². The number of carbonyl (C=O) groups is 2. The quantitative estimate of drug-likeness (QED) is 0.683. The van der Waals surface area contributed by atoms with Crippen LogP contribution in [-0.2, 0) is 4.79 Å². The number of hydrogen-bond acceptors (Lipinski definition) is 5. The molecule has 158 valence electrons. The van der Waals surface area contributed by atoms with Crippen LogP contribution in [0.3, 0.4) is 0 Å². The van der Waals surface area contributed by atoms with Gasteiger partial charge in [0.15, 0.2) is 0 Å². The fourth-order valence-electron chi connectivity index (χ4n) is 4.78. The summed E-state index contributed by atoms with van der Waals surface area (Å²) >= 11 is 6.17. The number of imide groups is 1. The number of urea groups is 1. The van der Waals surface area contributed by atoms with Crippen LogP contribution in [0.15, 0.2) is 29.3 Å². The molecule has 0 N–H and O–H groups in total. The average Bonchev–Trinajstić information content (AvgIpc) is 3.32. The number of rotatable bonds is 4. The molecule has 1 aromatic carbocycles. The minimum absolute atomic E-state index is 0.170. The van der Waals surface area contributed by atoms with Gasteiger partial charge in [-0.2, -0.15) is 0 Å². The SMILES string of the molecule is CN1C(=O)N(CCN2CCCCC2)C(=O)C2C1=NC1=[N+]2CCN1c1cccc(Cl)c1. The number of likely N-dealkylation sites (N-methyl/N-ethyl adjacent to an activating group) is 1. The molecule has 2 saturated heterocycles. The topological polar surface area (TPSA) is 62.5 Å². The second kappa shape index (κ2) is 7.67. The number of hydrogen-bond donors (Lipinski definition) is 0. The van der Waals surface area contributed by atoms with Crippen molar-refractivity contribution in [2.75, 3.05) is 51.2 Å². The van der Waals surface area contributed by atoms with Crippen molar-refractivity contribution in [1.82, 2.24) is 14.7 Å². The zero-order chi connectivity index (χ0) is 20.8. The molecule has 1 aromatic rings. The average molecular weight is 430 g/mol. The molecule has 1 unspecified atom stereocenters. The summed E-state index contributed by atoms with van der Waals surface area (Å²) in [6.07, 6.45) is 3.64. The van der Waals surface area contributed by atoms with Gasteiger partial charge in [0.05, 0.1) is 6.54 Å². The van der Waals surface area contributed by atoms with E-state index in [9.17, 15) is 9.59 Å². The molecule has 0 aliphatic carbocycles. The second-order valence-corrected chi connectivity index (χ2v) is 8.67. The maximum atomic E-state index is 13.4. The molecular weight excluding hydrogens is 404 g/mol. The summed E-state index contributed by atoms with van der Waals surface area (Å²) in [5.41, 5.74) is 0.936. The summed E-state index contributed by atoms with van der Waals surface area (Å²) < 4.78 is 2.01. The first-order valence-corrected chi connectivity index (χ1v) is 11.0. The second-order valence-electron chi connectivity index (χ2n) is 8.23. The van der Waals surface area contributed by atoms with Crippen LogP contribution in [0.4, 0.5) is 10.5 Å². The lowest BCUT2D eigenvalue weighted by Crippen LogP contribution is -2.63. The van der Waals surface area contributed by atoms with Crippen LogP contribution in [0.1, 0.15) is 19.3 Å². The van der Waals surface area contributed by atoms with Crippen molar-refractivity contribution in [3.63, 3.8) is 0 Å². The number of halogens is 1. The van der Waals surface area contributed by atoms with Gasteiger partial charge in [0.2, 0.25) is 11.9 Å². The number of nitrogens with zero attached hydrogens (tertiary/aromatic N) is 6. The molecule has 4 aliphatic rings. The van der Waals surface area contributed by atoms with E-state index in [2.05, 4.69) is 9.80 Å². The van der Waals surface area contributed by atoms with E-state index in [0.717, 1.165) is 31.9 Å².